The molecule has 0 atom stereocenters. The highest BCUT2D eigenvalue weighted by molar-refractivity contribution is 5.69. The second-order valence-electron chi connectivity index (χ2n) is 6.35. The Kier molecular flexibility index (Phi) is 4.54. The first-order chi connectivity index (χ1) is 8.94. The Labute approximate surface area is 120 Å². The molecule has 0 saturated carbocycles. The van der Waals surface area contributed by atoms with Gasteiger partial charge in [0.05, 0.1) is 28.6 Å². The number of anilines is 2. The van der Waals surface area contributed by atoms with E-state index >= 15 is 0 Å². The highest BCUT2D eigenvalue weighted by Gasteiger charge is 2.35. The van der Waals surface area contributed by atoms with Gasteiger partial charge < -0.3 is 20.9 Å². The number of hydrogen-bond acceptors (Lipinski definition) is 4. The minimum Gasteiger partial charge on any atom is -0.488 e. The number of halogens is 1. The molecule has 0 heterocycles. The molecule has 0 unspecified atom stereocenters. The summed E-state index contributed by atoms with van der Waals surface area (Å²) in [5.74, 6) is -0.355. The SMILES string of the molecule is CC(C)Oc1cc(NC(C)(C)C(C)(C)O)c(N)cc1F. The van der Waals surface area contributed by atoms with Crippen molar-refractivity contribution in [2.24, 2.45) is 0 Å². The average molecular weight is 284 g/mol. The van der Waals surface area contributed by atoms with Crippen LogP contribution in [-0.2, 0) is 0 Å². The topological polar surface area (TPSA) is 67.5 Å². The maximum atomic E-state index is 13.8. The van der Waals surface area contributed by atoms with E-state index in [1.807, 2.05) is 27.7 Å². The van der Waals surface area contributed by atoms with Crippen molar-refractivity contribution >= 4 is 11.4 Å². The van der Waals surface area contributed by atoms with Crippen LogP contribution in [0, 0.1) is 5.82 Å². The van der Waals surface area contributed by atoms with Crippen LogP contribution in [0.4, 0.5) is 15.8 Å². The van der Waals surface area contributed by atoms with E-state index in [2.05, 4.69) is 5.32 Å². The minimum absolute atomic E-state index is 0.136. The van der Waals surface area contributed by atoms with Crippen LogP contribution in [-0.4, -0.2) is 22.4 Å². The zero-order valence-electron chi connectivity index (χ0n) is 13.0. The third kappa shape index (κ3) is 3.76. The van der Waals surface area contributed by atoms with Crippen molar-refractivity contribution in [2.75, 3.05) is 11.1 Å². The molecule has 1 aromatic rings. The van der Waals surface area contributed by atoms with Gasteiger partial charge in [-0.05, 0) is 41.5 Å². The molecule has 4 nitrogen and oxygen atoms in total. The summed E-state index contributed by atoms with van der Waals surface area (Å²) in [4.78, 5) is 0. The number of hydrogen-bond donors (Lipinski definition) is 3. The molecule has 0 fully saturated rings. The number of rotatable bonds is 5. The van der Waals surface area contributed by atoms with Gasteiger partial charge in [-0.25, -0.2) is 4.39 Å². The summed E-state index contributed by atoms with van der Waals surface area (Å²) in [6.07, 6.45) is -0.136. The summed E-state index contributed by atoms with van der Waals surface area (Å²) in [6, 6.07) is 2.75. The Bertz CT molecular complexity index is 479. The summed E-state index contributed by atoms with van der Waals surface area (Å²) < 4.78 is 19.2. The third-order valence-corrected chi connectivity index (χ3v) is 3.44. The first-order valence-corrected chi connectivity index (χ1v) is 6.70. The first kappa shape index (κ1) is 16.6. The van der Waals surface area contributed by atoms with Gasteiger partial charge in [0.25, 0.3) is 0 Å². The van der Waals surface area contributed by atoms with Crippen LogP contribution >= 0.6 is 0 Å². The van der Waals surface area contributed by atoms with Gasteiger partial charge in [0.2, 0.25) is 0 Å². The smallest absolute Gasteiger partial charge is 0.167 e. The predicted molar refractivity (Wildman–Crippen MR) is 80.6 cm³/mol. The van der Waals surface area contributed by atoms with Gasteiger partial charge in [-0.1, -0.05) is 0 Å². The lowest BCUT2D eigenvalue weighted by molar-refractivity contribution is 0.0240. The molecule has 0 amide bonds. The van der Waals surface area contributed by atoms with E-state index in [0.29, 0.717) is 5.69 Å². The molecule has 0 spiro atoms. The molecule has 0 saturated heterocycles. The van der Waals surface area contributed by atoms with Crippen molar-refractivity contribution in [1.82, 2.24) is 0 Å². The standard InChI is InChI=1S/C15H25FN2O2/c1-9(2)20-13-8-12(11(17)7-10(13)16)18-14(3,4)15(5,6)19/h7-9,18-19H,17H2,1-6H3. The fraction of sp³-hybridized carbons (Fsp3) is 0.600. The van der Waals surface area contributed by atoms with Crippen LogP contribution in [0.3, 0.4) is 0 Å². The monoisotopic (exact) mass is 284 g/mol. The second-order valence-corrected chi connectivity index (χ2v) is 6.35. The predicted octanol–water partition coefficient (Wildman–Crippen LogP) is 3.16. The number of aliphatic hydroxyl groups is 1. The maximum absolute atomic E-state index is 13.8. The molecule has 5 heteroatoms. The summed E-state index contributed by atoms with van der Waals surface area (Å²) in [7, 11) is 0. The van der Waals surface area contributed by atoms with Gasteiger partial charge >= 0.3 is 0 Å². The Hall–Kier alpha value is -1.49. The molecular weight excluding hydrogens is 259 g/mol. The number of benzene rings is 1. The van der Waals surface area contributed by atoms with E-state index in [0.717, 1.165) is 0 Å². The van der Waals surface area contributed by atoms with Crippen LogP contribution in [0.15, 0.2) is 12.1 Å². The number of nitrogen functional groups attached to an aromatic ring is 1. The number of nitrogens with one attached hydrogen (secondary N) is 1. The summed E-state index contributed by atoms with van der Waals surface area (Å²) in [5.41, 5.74) is 5.02. The zero-order chi connectivity index (χ0) is 15.7. The van der Waals surface area contributed by atoms with Crippen molar-refractivity contribution in [1.29, 1.82) is 0 Å². The molecule has 1 rings (SSSR count). The summed E-state index contributed by atoms with van der Waals surface area (Å²) in [6.45, 7) is 10.7. The quantitative estimate of drug-likeness (QED) is 0.727. The molecule has 0 aliphatic heterocycles. The normalized spacial score (nSPS) is 12.7. The number of ether oxygens (including phenoxy) is 1. The van der Waals surface area contributed by atoms with Crippen molar-refractivity contribution in [3.63, 3.8) is 0 Å². The van der Waals surface area contributed by atoms with Crippen molar-refractivity contribution in [3.8, 4) is 5.75 Å². The highest BCUT2D eigenvalue weighted by Crippen LogP contribution is 2.33. The lowest BCUT2D eigenvalue weighted by Crippen LogP contribution is -2.51. The Morgan fingerprint density at radius 1 is 1.25 bits per heavy atom. The van der Waals surface area contributed by atoms with E-state index in [-0.39, 0.29) is 17.5 Å². The molecule has 0 aliphatic carbocycles. The Morgan fingerprint density at radius 3 is 2.25 bits per heavy atom. The zero-order valence-corrected chi connectivity index (χ0v) is 13.0. The molecule has 1 aromatic carbocycles. The molecule has 0 aliphatic rings. The second kappa shape index (κ2) is 5.48. The lowest BCUT2D eigenvalue weighted by Gasteiger charge is -2.39. The van der Waals surface area contributed by atoms with Gasteiger partial charge in [-0.2, -0.15) is 0 Å². The Balaban J connectivity index is 3.13. The van der Waals surface area contributed by atoms with E-state index < -0.39 is 17.0 Å². The van der Waals surface area contributed by atoms with Crippen LogP contribution in [0.25, 0.3) is 0 Å². The van der Waals surface area contributed by atoms with E-state index in [1.54, 1.807) is 13.8 Å². The van der Waals surface area contributed by atoms with Crippen molar-refractivity contribution in [2.45, 2.75) is 58.8 Å². The van der Waals surface area contributed by atoms with Crippen LogP contribution in [0.1, 0.15) is 41.5 Å². The van der Waals surface area contributed by atoms with Gasteiger partial charge in [-0.15, -0.1) is 0 Å². The van der Waals surface area contributed by atoms with Crippen LogP contribution in [0.2, 0.25) is 0 Å². The van der Waals surface area contributed by atoms with Crippen molar-refractivity contribution in [3.05, 3.63) is 17.9 Å². The van der Waals surface area contributed by atoms with E-state index in [9.17, 15) is 9.50 Å². The molecule has 0 radical (unpaired) electrons. The van der Waals surface area contributed by atoms with E-state index in [1.165, 1.54) is 12.1 Å². The van der Waals surface area contributed by atoms with Gasteiger partial charge in [0.15, 0.2) is 11.6 Å². The molecular formula is C15H25FN2O2. The average Bonchev–Trinajstić information content (AvgIpc) is 2.22. The van der Waals surface area contributed by atoms with Gasteiger partial charge in [-0.3, -0.25) is 0 Å². The molecule has 0 aromatic heterocycles. The number of nitrogens with two attached hydrogens (primary N) is 1. The lowest BCUT2D eigenvalue weighted by atomic mass is 9.85. The van der Waals surface area contributed by atoms with Gasteiger partial charge in [0.1, 0.15) is 0 Å². The third-order valence-electron chi connectivity index (χ3n) is 3.44. The molecule has 114 valence electrons. The maximum Gasteiger partial charge on any atom is 0.167 e. The molecule has 20 heavy (non-hydrogen) atoms. The van der Waals surface area contributed by atoms with E-state index in [4.69, 9.17) is 10.5 Å². The Morgan fingerprint density at radius 2 is 1.80 bits per heavy atom. The largest absolute Gasteiger partial charge is 0.488 e. The van der Waals surface area contributed by atoms with Crippen LogP contribution in [0.5, 0.6) is 5.75 Å². The summed E-state index contributed by atoms with van der Waals surface area (Å²) in [5, 5.41) is 13.3. The molecule has 0 bridgehead atoms. The van der Waals surface area contributed by atoms with Crippen molar-refractivity contribution < 1.29 is 14.2 Å². The summed E-state index contributed by atoms with van der Waals surface area (Å²) >= 11 is 0. The fourth-order valence-electron chi connectivity index (χ4n) is 1.51. The minimum atomic E-state index is -0.979. The first-order valence-electron chi connectivity index (χ1n) is 6.70. The fourth-order valence-corrected chi connectivity index (χ4v) is 1.51. The highest BCUT2D eigenvalue weighted by atomic mass is 19.1. The molecule has 4 N–H and O–H groups in total. The van der Waals surface area contributed by atoms with Crippen LogP contribution < -0.4 is 15.8 Å². The van der Waals surface area contributed by atoms with Gasteiger partial charge in [0, 0.05) is 12.1 Å².